The minimum atomic E-state index is -2.21. The van der Waals surface area contributed by atoms with E-state index in [-0.39, 0.29) is 44.5 Å². The smallest absolute Gasteiger partial charge is 0.338 e. The van der Waals surface area contributed by atoms with Crippen molar-refractivity contribution in [3.05, 3.63) is 287 Å². The van der Waals surface area contributed by atoms with Gasteiger partial charge in [0.2, 0.25) is 0 Å². The van der Waals surface area contributed by atoms with Crippen molar-refractivity contribution < 1.29 is 115 Å². The van der Waals surface area contributed by atoms with Crippen molar-refractivity contribution in [2.75, 3.05) is 19.8 Å². The SMILES string of the molecule is O=C(OC1[C@@H](O)[C@@H](CO)O[C@H](OC[C@H]2O[C@@H](OC[C@H]3O[C@@H](O)[C@H](OC(=O)c4ccccc4)[C@@H](OC(=O)c4ccccc4)[C@H]3OC(=O)c3ccccc3)[C@H](OC(=O)c3ccccc3)[C@@H](OC(=O)c3ccccc3)[C@H]2OC(=O)c2ccccc2)[C@@H]1OC(=O)c1ccccc1)c1ccccc1. The number of carbonyl (C=O) groups excluding carboxylic acids is 8. The van der Waals surface area contributed by atoms with E-state index in [4.69, 9.17) is 61.6 Å². The van der Waals surface area contributed by atoms with Gasteiger partial charge < -0.3 is 76.9 Å². The molecule has 0 spiro atoms. The minimum absolute atomic E-state index is 0.00301. The van der Waals surface area contributed by atoms with Gasteiger partial charge in [0, 0.05) is 0 Å². The molecule has 3 fully saturated rings. The highest BCUT2D eigenvalue weighted by Crippen LogP contribution is 2.37. The summed E-state index contributed by atoms with van der Waals surface area (Å²) in [5, 5.41) is 34.6. The number of rotatable bonds is 23. The van der Waals surface area contributed by atoms with Crippen LogP contribution in [0.25, 0.3) is 0 Å². The molecule has 98 heavy (non-hydrogen) atoms. The van der Waals surface area contributed by atoms with Crippen molar-refractivity contribution in [2.24, 2.45) is 0 Å². The number of hydrogen-bond acceptors (Lipinski definition) is 24. The first-order valence-corrected chi connectivity index (χ1v) is 31.0. The lowest BCUT2D eigenvalue weighted by Crippen LogP contribution is -2.65. The summed E-state index contributed by atoms with van der Waals surface area (Å²) in [5.74, 6) is -8.29. The van der Waals surface area contributed by atoms with Crippen molar-refractivity contribution in [3.63, 3.8) is 0 Å². The average Bonchev–Trinajstić information content (AvgIpc) is 0.785. The molecule has 0 amide bonds. The Labute approximate surface area is 559 Å². The van der Waals surface area contributed by atoms with Gasteiger partial charge in [0.15, 0.2) is 67.7 Å². The maximum absolute atomic E-state index is 14.7. The van der Waals surface area contributed by atoms with E-state index in [2.05, 4.69) is 0 Å². The lowest BCUT2D eigenvalue weighted by Gasteiger charge is -2.47. The maximum Gasteiger partial charge on any atom is 0.338 e. The van der Waals surface area contributed by atoms with E-state index in [0.717, 1.165) is 0 Å². The monoisotopic (exact) mass is 1340 g/mol. The van der Waals surface area contributed by atoms with Gasteiger partial charge in [0.1, 0.15) is 24.4 Å². The van der Waals surface area contributed by atoms with Crippen LogP contribution in [-0.4, -0.2) is 175 Å². The largest absolute Gasteiger partial charge is 0.452 e. The topological polar surface area (TPSA) is 317 Å². The summed E-state index contributed by atoms with van der Waals surface area (Å²) in [6, 6.07) is 60.5. The fourth-order valence-electron chi connectivity index (χ4n) is 10.9. The summed E-state index contributed by atoms with van der Waals surface area (Å²) in [7, 11) is 0. The van der Waals surface area contributed by atoms with Gasteiger partial charge in [-0.05, 0) is 97.1 Å². The van der Waals surface area contributed by atoms with Crippen LogP contribution in [-0.2, 0) is 61.6 Å². The molecule has 24 heteroatoms. The van der Waals surface area contributed by atoms with Crippen molar-refractivity contribution in [1.82, 2.24) is 0 Å². The van der Waals surface area contributed by atoms with Gasteiger partial charge in [0.05, 0.1) is 64.3 Å². The molecule has 3 aliphatic rings. The highest BCUT2D eigenvalue weighted by atomic mass is 16.8. The molecule has 3 saturated heterocycles. The molecular weight excluding hydrogens is 1270 g/mol. The Kier molecular flexibility index (Phi) is 22.9. The zero-order chi connectivity index (χ0) is 68.5. The standard InChI is InChI=1S/C74H64O24/c75-41-52-55(76)58(93-66(79)46-29-13-3-14-30-46)62(97-70(83)50-37-21-7-22-38-50)73(89-52)87-43-54-57(92-65(78)45-27-11-2-12-28-45)60(95-68(81)48-33-17-5-18-34-48)63(98-71(84)51-39-23-8-24-40-51)74(90-54)86-42-53-56(91-64(77)44-25-9-1-10-26-44)59(94-67(80)47-31-15-4-16-32-47)61(72(85)88-53)96-69(82)49-35-19-6-20-36-49/h1-40,52-63,72-76,85H,41-43H2/t52-,53-,54-,55+,56+,57+,58?,59+,60+,61-,62-,63-,72-,73+,74-/m1/s1. The van der Waals surface area contributed by atoms with E-state index in [1.165, 1.54) is 133 Å². The number of carbonyl (C=O) groups is 8. The number of hydrogen-bond donors (Lipinski definition) is 3. The molecule has 1 unspecified atom stereocenters. The van der Waals surface area contributed by atoms with E-state index in [1.807, 2.05) is 0 Å². The highest BCUT2D eigenvalue weighted by molar-refractivity contribution is 5.93. The lowest BCUT2D eigenvalue weighted by molar-refractivity contribution is -0.337. The zero-order valence-electron chi connectivity index (χ0n) is 51.8. The van der Waals surface area contributed by atoms with Gasteiger partial charge in [-0.2, -0.15) is 0 Å². The van der Waals surface area contributed by atoms with Gasteiger partial charge >= 0.3 is 47.8 Å². The molecule has 3 aliphatic heterocycles. The van der Waals surface area contributed by atoms with Crippen LogP contribution in [0.1, 0.15) is 82.9 Å². The summed E-state index contributed by atoms with van der Waals surface area (Å²) < 4.78 is 81.2. The fourth-order valence-corrected chi connectivity index (χ4v) is 10.9. The van der Waals surface area contributed by atoms with Crippen LogP contribution >= 0.6 is 0 Å². The third kappa shape index (κ3) is 16.9. The van der Waals surface area contributed by atoms with Crippen LogP contribution < -0.4 is 0 Å². The van der Waals surface area contributed by atoms with Gasteiger partial charge in [-0.1, -0.05) is 146 Å². The van der Waals surface area contributed by atoms with Crippen molar-refractivity contribution in [3.8, 4) is 0 Å². The Bertz CT molecular complexity index is 3970. The van der Waals surface area contributed by atoms with E-state index in [0.29, 0.717) is 0 Å². The van der Waals surface area contributed by atoms with E-state index >= 15 is 0 Å². The Morgan fingerprint density at radius 3 is 0.765 bits per heavy atom. The molecule has 8 aromatic rings. The average molecular weight is 1340 g/mol. The molecule has 0 saturated carbocycles. The third-order valence-corrected chi connectivity index (χ3v) is 15.9. The van der Waals surface area contributed by atoms with Gasteiger partial charge in [0.25, 0.3) is 0 Å². The summed E-state index contributed by atoms with van der Waals surface area (Å²) in [6.07, 6.45) is -28.9. The molecule has 3 N–H and O–H groups in total. The third-order valence-electron chi connectivity index (χ3n) is 15.9. The first kappa shape index (κ1) is 68.6. The first-order valence-electron chi connectivity index (χ1n) is 31.0. The molecule has 24 nitrogen and oxygen atoms in total. The van der Waals surface area contributed by atoms with Crippen molar-refractivity contribution in [1.29, 1.82) is 0 Å². The van der Waals surface area contributed by atoms with Crippen LogP contribution in [0.3, 0.4) is 0 Å². The van der Waals surface area contributed by atoms with Crippen LogP contribution in [0, 0.1) is 0 Å². The number of benzene rings is 8. The van der Waals surface area contributed by atoms with Crippen LogP contribution in [0.4, 0.5) is 0 Å². The Hall–Kier alpha value is -10.8. The van der Waals surface area contributed by atoms with Crippen molar-refractivity contribution >= 4 is 47.8 Å². The molecule has 8 aromatic carbocycles. The van der Waals surface area contributed by atoms with Crippen LogP contribution in [0.2, 0.25) is 0 Å². The first-order chi connectivity index (χ1) is 47.7. The Morgan fingerprint density at radius 2 is 0.480 bits per heavy atom. The van der Waals surface area contributed by atoms with Gasteiger partial charge in [-0.25, -0.2) is 38.4 Å². The minimum Gasteiger partial charge on any atom is -0.452 e. The normalized spacial score (nSPS) is 25.0. The molecular formula is C74H64O24. The highest BCUT2D eigenvalue weighted by Gasteiger charge is 2.58. The van der Waals surface area contributed by atoms with E-state index in [1.54, 1.807) is 109 Å². The van der Waals surface area contributed by atoms with E-state index in [9.17, 15) is 53.7 Å². The lowest BCUT2D eigenvalue weighted by atomic mass is 9.96. The predicted octanol–water partition coefficient (Wildman–Crippen LogP) is 7.34. The van der Waals surface area contributed by atoms with Gasteiger partial charge in [-0.15, -0.1) is 0 Å². The fraction of sp³-hybridized carbons (Fsp3) is 0.243. The molecule has 11 rings (SSSR count). The zero-order valence-corrected chi connectivity index (χ0v) is 51.8. The molecule has 0 radical (unpaired) electrons. The van der Waals surface area contributed by atoms with E-state index < -0.39 is 160 Å². The second kappa shape index (κ2) is 32.8. The number of ether oxygens (including phenoxy) is 13. The Morgan fingerprint density at radius 1 is 0.265 bits per heavy atom. The van der Waals surface area contributed by atoms with Crippen LogP contribution in [0.5, 0.6) is 0 Å². The van der Waals surface area contributed by atoms with Crippen LogP contribution in [0.15, 0.2) is 243 Å². The molecule has 504 valence electrons. The van der Waals surface area contributed by atoms with Gasteiger partial charge in [-0.3, -0.25) is 0 Å². The molecule has 3 heterocycles. The molecule has 0 bridgehead atoms. The summed E-state index contributed by atoms with van der Waals surface area (Å²) in [4.78, 5) is 115. The quantitative estimate of drug-likeness (QED) is 0.0416. The predicted molar refractivity (Wildman–Crippen MR) is 338 cm³/mol. The molecule has 15 atom stereocenters. The number of aliphatic hydroxyl groups excluding tert-OH is 3. The molecule has 0 aliphatic carbocycles. The summed E-state index contributed by atoms with van der Waals surface area (Å²) in [5.41, 5.74) is -0.161. The Balaban J connectivity index is 1.01. The second-order valence-corrected chi connectivity index (χ2v) is 22.4. The summed E-state index contributed by atoms with van der Waals surface area (Å²) in [6.45, 7) is -2.77. The summed E-state index contributed by atoms with van der Waals surface area (Å²) >= 11 is 0. The maximum atomic E-state index is 14.7. The second-order valence-electron chi connectivity index (χ2n) is 22.4. The van der Waals surface area contributed by atoms with Crippen molar-refractivity contribution in [2.45, 2.75) is 92.1 Å². The number of esters is 8. The number of aliphatic hydroxyl groups is 3. The molecule has 0 aromatic heterocycles.